The van der Waals surface area contributed by atoms with Gasteiger partial charge in [-0.1, -0.05) is 17.2 Å². The van der Waals surface area contributed by atoms with Gasteiger partial charge in [0, 0.05) is 36.5 Å². The number of nitrogens with zero attached hydrogens (tertiary/aromatic N) is 1. The molecule has 2 heterocycles. The molecule has 0 unspecified atom stereocenters. The first kappa shape index (κ1) is 14.5. The SMILES string of the molecule is Cc1cc(C)cc(C(=O)CCN2CCc3sccc3C2)c1. The molecule has 0 fully saturated rings. The topological polar surface area (TPSA) is 20.3 Å². The van der Waals surface area contributed by atoms with Gasteiger partial charge in [-0.25, -0.2) is 0 Å². The molecule has 0 atom stereocenters. The Balaban J connectivity index is 1.59. The van der Waals surface area contributed by atoms with Gasteiger partial charge in [0.25, 0.3) is 0 Å². The molecule has 0 saturated heterocycles. The monoisotopic (exact) mass is 299 g/mol. The zero-order valence-electron chi connectivity index (χ0n) is 12.7. The lowest BCUT2D eigenvalue weighted by molar-refractivity contribution is 0.0960. The molecule has 1 aliphatic rings. The highest BCUT2D eigenvalue weighted by atomic mass is 32.1. The first-order valence-corrected chi connectivity index (χ1v) is 8.39. The van der Waals surface area contributed by atoms with Crippen molar-refractivity contribution in [2.75, 3.05) is 13.1 Å². The largest absolute Gasteiger partial charge is 0.298 e. The molecule has 2 nitrogen and oxygen atoms in total. The highest BCUT2D eigenvalue weighted by Gasteiger charge is 2.18. The summed E-state index contributed by atoms with van der Waals surface area (Å²) in [5, 5.41) is 2.18. The lowest BCUT2D eigenvalue weighted by atomic mass is 10.0. The molecule has 1 aliphatic heterocycles. The second-order valence-electron chi connectivity index (χ2n) is 5.94. The first-order chi connectivity index (χ1) is 10.1. The van der Waals surface area contributed by atoms with E-state index in [4.69, 9.17) is 0 Å². The maximum absolute atomic E-state index is 12.4. The molecule has 0 radical (unpaired) electrons. The van der Waals surface area contributed by atoms with Crippen molar-refractivity contribution < 1.29 is 4.79 Å². The molecule has 0 N–H and O–H groups in total. The van der Waals surface area contributed by atoms with Gasteiger partial charge >= 0.3 is 0 Å². The first-order valence-electron chi connectivity index (χ1n) is 7.51. The minimum absolute atomic E-state index is 0.262. The van der Waals surface area contributed by atoms with Gasteiger partial charge in [0.15, 0.2) is 5.78 Å². The summed E-state index contributed by atoms with van der Waals surface area (Å²) in [6, 6.07) is 8.34. The zero-order chi connectivity index (χ0) is 14.8. The van der Waals surface area contributed by atoms with Crippen LogP contribution in [0, 0.1) is 13.8 Å². The molecule has 21 heavy (non-hydrogen) atoms. The number of rotatable bonds is 4. The molecule has 3 heteroatoms. The van der Waals surface area contributed by atoms with Crippen LogP contribution in [0.3, 0.4) is 0 Å². The van der Waals surface area contributed by atoms with E-state index in [0.717, 1.165) is 31.6 Å². The van der Waals surface area contributed by atoms with E-state index in [1.54, 1.807) is 0 Å². The number of thiophene rings is 1. The highest BCUT2D eigenvalue weighted by Crippen LogP contribution is 2.24. The summed E-state index contributed by atoms with van der Waals surface area (Å²) in [5.41, 5.74) is 4.64. The lowest BCUT2D eigenvalue weighted by Gasteiger charge is -2.26. The fourth-order valence-corrected chi connectivity index (χ4v) is 3.93. The van der Waals surface area contributed by atoms with Crippen LogP contribution < -0.4 is 0 Å². The van der Waals surface area contributed by atoms with Crippen LogP contribution in [0.15, 0.2) is 29.6 Å². The Morgan fingerprint density at radius 3 is 2.76 bits per heavy atom. The van der Waals surface area contributed by atoms with Crippen LogP contribution in [0.25, 0.3) is 0 Å². The molecular formula is C18H21NOS. The third-order valence-corrected chi connectivity index (χ3v) is 5.11. The predicted molar refractivity (Wildman–Crippen MR) is 88.2 cm³/mol. The van der Waals surface area contributed by atoms with Crippen molar-refractivity contribution in [3.8, 4) is 0 Å². The van der Waals surface area contributed by atoms with E-state index < -0.39 is 0 Å². The molecule has 0 amide bonds. The van der Waals surface area contributed by atoms with Crippen LogP contribution in [-0.4, -0.2) is 23.8 Å². The third-order valence-electron chi connectivity index (χ3n) is 4.09. The van der Waals surface area contributed by atoms with E-state index >= 15 is 0 Å². The van der Waals surface area contributed by atoms with Crippen LogP contribution in [-0.2, 0) is 13.0 Å². The van der Waals surface area contributed by atoms with Gasteiger partial charge in [0.2, 0.25) is 0 Å². The lowest BCUT2D eigenvalue weighted by Crippen LogP contribution is -2.31. The van der Waals surface area contributed by atoms with Gasteiger partial charge in [0.05, 0.1) is 0 Å². The van der Waals surface area contributed by atoms with Crippen molar-refractivity contribution in [3.05, 3.63) is 56.8 Å². The number of fused-ring (bicyclic) bond motifs is 1. The van der Waals surface area contributed by atoms with Crippen molar-refractivity contribution in [3.63, 3.8) is 0 Å². The van der Waals surface area contributed by atoms with E-state index in [1.165, 1.54) is 21.6 Å². The summed E-state index contributed by atoms with van der Waals surface area (Å²) >= 11 is 1.86. The van der Waals surface area contributed by atoms with E-state index in [2.05, 4.69) is 22.4 Å². The standard InChI is InChI=1S/C18H21NOS/c1-13-9-14(2)11-16(10-13)17(20)3-6-19-7-4-18-15(12-19)5-8-21-18/h5,8-11H,3-4,6-7,12H2,1-2H3. The van der Waals surface area contributed by atoms with Gasteiger partial charge in [-0.15, -0.1) is 11.3 Å². The molecule has 0 saturated carbocycles. The molecule has 2 aromatic rings. The smallest absolute Gasteiger partial charge is 0.164 e. The summed E-state index contributed by atoms with van der Waals surface area (Å²) in [6.45, 7) is 7.03. The number of carbonyl (C=O) groups excluding carboxylic acids is 1. The second-order valence-corrected chi connectivity index (χ2v) is 6.95. The number of hydrogen-bond donors (Lipinski definition) is 0. The van der Waals surface area contributed by atoms with Gasteiger partial charge in [-0.05, 0) is 49.4 Å². The van der Waals surface area contributed by atoms with Crippen molar-refractivity contribution in [1.29, 1.82) is 0 Å². The molecule has 1 aromatic heterocycles. The van der Waals surface area contributed by atoms with Gasteiger partial charge in [-0.3, -0.25) is 9.69 Å². The average Bonchev–Trinajstić information content (AvgIpc) is 2.91. The normalized spacial score (nSPS) is 15.0. The van der Waals surface area contributed by atoms with Crippen LogP contribution in [0.5, 0.6) is 0 Å². The minimum Gasteiger partial charge on any atom is -0.298 e. The Kier molecular flexibility index (Phi) is 4.22. The molecular weight excluding hydrogens is 278 g/mol. The molecule has 0 bridgehead atoms. The number of carbonyl (C=O) groups is 1. The summed E-state index contributed by atoms with van der Waals surface area (Å²) < 4.78 is 0. The van der Waals surface area contributed by atoms with Crippen molar-refractivity contribution in [1.82, 2.24) is 4.90 Å². The summed E-state index contributed by atoms with van der Waals surface area (Å²) in [5.74, 6) is 0.262. The molecule has 1 aromatic carbocycles. The molecule has 3 rings (SSSR count). The highest BCUT2D eigenvalue weighted by molar-refractivity contribution is 7.10. The summed E-state index contributed by atoms with van der Waals surface area (Å²) in [4.78, 5) is 16.3. The predicted octanol–water partition coefficient (Wildman–Crippen LogP) is 4.00. The van der Waals surface area contributed by atoms with E-state index in [0.29, 0.717) is 6.42 Å². The Bertz CT molecular complexity index is 639. The van der Waals surface area contributed by atoms with Crippen molar-refractivity contribution in [2.24, 2.45) is 0 Å². The molecule has 0 aliphatic carbocycles. The van der Waals surface area contributed by atoms with E-state index in [-0.39, 0.29) is 5.78 Å². The Morgan fingerprint density at radius 2 is 2.00 bits per heavy atom. The third kappa shape index (κ3) is 3.42. The van der Waals surface area contributed by atoms with Crippen molar-refractivity contribution >= 4 is 17.1 Å². The maximum Gasteiger partial charge on any atom is 0.164 e. The Morgan fingerprint density at radius 1 is 1.24 bits per heavy atom. The van der Waals surface area contributed by atoms with Gasteiger partial charge < -0.3 is 0 Å². The quantitative estimate of drug-likeness (QED) is 0.795. The number of aryl methyl sites for hydroxylation is 2. The Hall–Kier alpha value is -1.45. The zero-order valence-corrected chi connectivity index (χ0v) is 13.5. The molecule has 110 valence electrons. The van der Waals surface area contributed by atoms with Gasteiger partial charge in [0.1, 0.15) is 0 Å². The second kappa shape index (κ2) is 6.12. The minimum atomic E-state index is 0.262. The van der Waals surface area contributed by atoms with Gasteiger partial charge in [-0.2, -0.15) is 0 Å². The number of Topliss-reactive ketones (excluding diaryl/α,β-unsaturated/α-hetero) is 1. The number of hydrogen-bond acceptors (Lipinski definition) is 3. The summed E-state index contributed by atoms with van der Waals surface area (Å²) in [7, 11) is 0. The maximum atomic E-state index is 12.4. The average molecular weight is 299 g/mol. The van der Waals surface area contributed by atoms with E-state index in [9.17, 15) is 4.79 Å². The van der Waals surface area contributed by atoms with Crippen molar-refractivity contribution in [2.45, 2.75) is 33.2 Å². The van der Waals surface area contributed by atoms with E-state index in [1.807, 2.05) is 37.3 Å². The fourth-order valence-electron chi connectivity index (χ4n) is 3.04. The number of benzene rings is 1. The van der Waals surface area contributed by atoms with Crippen LogP contribution in [0.1, 0.15) is 38.3 Å². The fraction of sp³-hybridized carbons (Fsp3) is 0.389. The summed E-state index contributed by atoms with van der Waals surface area (Å²) in [6.07, 6.45) is 1.74. The van der Waals surface area contributed by atoms with Crippen LogP contribution in [0.2, 0.25) is 0 Å². The Labute approximate surface area is 130 Å². The number of ketones is 1. The van der Waals surface area contributed by atoms with Crippen LogP contribution >= 0.6 is 11.3 Å². The van der Waals surface area contributed by atoms with Crippen LogP contribution in [0.4, 0.5) is 0 Å². The molecule has 0 spiro atoms.